The number of aryl methyl sites for hydroxylation is 1. The lowest BCUT2D eigenvalue weighted by Crippen LogP contribution is -2.16. The van der Waals surface area contributed by atoms with E-state index < -0.39 is 23.1 Å². The van der Waals surface area contributed by atoms with Crippen LogP contribution in [0.4, 0.5) is 14.6 Å². The zero-order valence-corrected chi connectivity index (χ0v) is 9.63. The van der Waals surface area contributed by atoms with Crippen LogP contribution in [0.15, 0.2) is 24.3 Å². The number of hydrogen-bond donors (Lipinski definition) is 2. The molecule has 0 spiro atoms. The average Bonchev–Trinajstić information content (AvgIpc) is 2.76. The van der Waals surface area contributed by atoms with Gasteiger partial charge >= 0.3 is 0 Å². The number of nitrogens with one attached hydrogen (secondary N) is 2. The van der Waals surface area contributed by atoms with Crippen molar-refractivity contribution in [1.29, 1.82) is 0 Å². The highest BCUT2D eigenvalue weighted by atomic mass is 19.1. The Morgan fingerprint density at radius 2 is 2.06 bits per heavy atom. The summed E-state index contributed by atoms with van der Waals surface area (Å²) in [6, 6.07) is 4.86. The van der Waals surface area contributed by atoms with Gasteiger partial charge in [0.05, 0.1) is 0 Å². The Hall–Kier alpha value is -2.24. The summed E-state index contributed by atoms with van der Waals surface area (Å²) in [5, 5.41) is 8.83. The van der Waals surface area contributed by atoms with Crippen molar-refractivity contribution in [2.24, 2.45) is 0 Å². The van der Waals surface area contributed by atoms with Crippen LogP contribution in [0.1, 0.15) is 23.0 Å². The predicted molar refractivity (Wildman–Crippen MR) is 62.3 cm³/mol. The van der Waals surface area contributed by atoms with Crippen LogP contribution in [0, 0.1) is 11.6 Å². The molecule has 0 aliphatic rings. The lowest BCUT2D eigenvalue weighted by Gasteiger charge is -2.04. The molecule has 0 unspecified atom stereocenters. The van der Waals surface area contributed by atoms with Crippen molar-refractivity contribution < 1.29 is 13.6 Å². The first-order valence-electron chi connectivity index (χ1n) is 5.41. The van der Waals surface area contributed by atoms with Gasteiger partial charge in [-0.15, -0.1) is 0 Å². The van der Waals surface area contributed by atoms with E-state index in [9.17, 15) is 13.6 Å². The Kier molecular flexibility index (Phi) is 3.36. The Labute approximate surface area is 102 Å². The second kappa shape index (κ2) is 4.95. The number of carbonyl (C=O) groups is 1. The first kappa shape index (κ1) is 12.2. The highest BCUT2D eigenvalue weighted by molar-refractivity contribution is 6.04. The molecule has 0 bridgehead atoms. The Bertz CT molecular complexity index is 560. The van der Waals surface area contributed by atoms with Crippen LogP contribution < -0.4 is 5.32 Å². The van der Waals surface area contributed by atoms with Crippen LogP contribution in [0.5, 0.6) is 0 Å². The lowest BCUT2D eigenvalue weighted by molar-refractivity contribution is 0.101. The maximum absolute atomic E-state index is 13.3. The second-order valence-electron chi connectivity index (χ2n) is 3.68. The van der Waals surface area contributed by atoms with Crippen molar-refractivity contribution in [3.63, 3.8) is 0 Å². The van der Waals surface area contributed by atoms with Crippen molar-refractivity contribution in [1.82, 2.24) is 10.2 Å². The maximum Gasteiger partial charge on any atom is 0.262 e. The molecule has 2 rings (SSSR count). The van der Waals surface area contributed by atoms with Gasteiger partial charge in [0.2, 0.25) is 0 Å². The van der Waals surface area contributed by atoms with Crippen LogP contribution in [0.3, 0.4) is 0 Å². The average molecular weight is 251 g/mol. The number of H-pyrrole nitrogens is 1. The third kappa shape index (κ3) is 2.37. The van der Waals surface area contributed by atoms with Crippen molar-refractivity contribution in [3.8, 4) is 0 Å². The second-order valence-corrected chi connectivity index (χ2v) is 3.68. The first-order valence-corrected chi connectivity index (χ1v) is 5.41. The summed E-state index contributed by atoms with van der Waals surface area (Å²) < 4.78 is 26.7. The van der Waals surface area contributed by atoms with Gasteiger partial charge in [-0.1, -0.05) is 13.0 Å². The molecule has 1 aromatic heterocycles. The SMILES string of the molecule is CCc1cc(NC(=O)c2c(F)cccc2F)n[nH]1. The summed E-state index contributed by atoms with van der Waals surface area (Å²) in [7, 11) is 0. The van der Waals surface area contributed by atoms with E-state index in [-0.39, 0.29) is 5.82 Å². The third-order valence-electron chi connectivity index (χ3n) is 2.44. The molecule has 18 heavy (non-hydrogen) atoms. The molecule has 4 nitrogen and oxygen atoms in total. The quantitative estimate of drug-likeness (QED) is 0.880. The number of aromatic amines is 1. The Morgan fingerprint density at radius 3 is 2.61 bits per heavy atom. The third-order valence-corrected chi connectivity index (χ3v) is 2.44. The molecule has 6 heteroatoms. The first-order chi connectivity index (χ1) is 8.61. The molecule has 94 valence electrons. The Balaban J connectivity index is 2.22. The monoisotopic (exact) mass is 251 g/mol. The van der Waals surface area contributed by atoms with Crippen LogP contribution >= 0.6 is 0 Å². The van der Waals surface area contributed by atoms with E-state index in [2.05, 4.69) is 15.5 Å². The van der Waals surface area contributed by atoms with E-state index in [0.29, 0.717) is 0 Å². The smallest absolute Gasteiger partial charge is 0.262 e. The molecule has 0 aliphatic carbocycles. The molecule has 0 fully saturated rings. The molecule has 1 aromatic carbocycles. The van der Waals surface area contributed by atoms with Crippen molar-refractivity contribution in [2.75, 3.05) is 5.32 Å². The minimum absolute atomic E-state index is 0.236. The molecule has 0 saturated carbocycles. The number of hydrogen-bond acceptors (Lipinski definition) is 2. The maximum atomic E-state index is 13.3. The van der Waals surface area contributed by atoms with Crippen molar-refractivity contribution in [3.05, 3.63) is 47.2 Å². The van der Waals surface area contributed by atoms with Crippen LogP contribution in [-0.4, -0.2) is 16.1 Å². The summed E-state index contributed by atoms with van der Waals surface area (Å²) in [5.41, 5.74) is 0.206. The van der Waals surface area contributed by atoms with Gasteiger partial charge in [0.25, 0.3) is 5.91 Å². The molecule has 0 atom stereocenters. The number of halogens is 2. The minimum Gasteiger partial charge on any atom is -0.305 e. The number of benzene rings is 1. The zero-order valence-electron chi connectivity index (χ0n) is 9.63. The molecular formula is C12H11F2N3O. The number of aromatic nitrogens is 2. The summed E-state index contributed by atoms with van der Waals surface area (Å²) in [5.74, 6) is -2.43. The van der Waals surface area contributed by atoms with Crippen LogP contribution in [0.2, 0.25) is 0 Å². The summed E-state index contributed by atoms with van der Waals surface area (Å²) in [6.45, 7) is 1.91. The minimum atomic E-state index is -0.904. The number of carbonyl (C=O) groups excluding carboxylic acids is 1. The van der Waals surface area contributed by atoms with E-state index in [1.165, 1.54) is 6.07 Å². The van der Waals surface area contributed by atoms with Gasteiger partial charge in [0.15, 0.2) is 5.82 Å². The molecule has 0 radical (unpaired) electrons. The molecule has 2 aromatic rings. The molecule has 2 N–H and O–H groups in total. The van der Waals surface area contributed by atoms with Crippen molar-refractivity contribution >= 4 is 11.7 Å². The number of anilines is 1. The molecule has 0 saturated heterocycles. The van der Waals surface area contributed by atoms with E-state index in [1.54, 1.807) is 6.07 Å². The zero-order chi connectivity index (χ0) is 13.1. The molecule has 1 amide bonds. The fourth-order valence-corrected chi connectivity index (χ4v) is 1.50. The number of nitrogens with zero attached hydrogens (tertiary/aromatic N) is 1. The molecule has 0 aliphatic heterocycles. The van der Waals surface area contributed by atoms with E-state index in [0.717, 1.165) is 24.2 Å². The predicted octanol–water partition coefficient (Wildman–Crippen LogP) is 2.50. The summed E-state index contributed by atoms with van der Waals surface area (Å²) >= 11 is 0. The van der Waals surface area contributed by atoms with E-state index in [1.807, 2.05) is 6.92 Å². The van der Waals surface area contributed by atoms with Gasteiger partial charge in [-0.3, -0.25) is 9.89 Å². The van der Waals surface area contributed by atoms with E-state index >= 15 is 0 Å². The summed E-state index contributed by atoms with van der Waals surface area (Å²) in [6.07, 6.45) is 0.719. The topological polar surface area (TPSA) is 57.8 Å². The normalized spacial score (nSPS) is 10.4. The van der Waals surface area contributed by atoms with Gasteiger partial charge in [-0.2, -0.15) is 5.10 Å². The highest BCUT2D eigenvalue weighted by Gasteiger charge is 2.17. The Morgan fingerprint density at radius 1 is 1.39 bits per heavy atom. The number of amides is 1. The van der Waals surface area contributed by atoms with Crippen LogP contribution in [0.25, 0.3) is 0 Å². The molecular weight excluding hydrogens is 240 g/mol. The molecule has 1 heterocycles. The van der Waals surface area contributed by atoms with E-state index in [4.69, 9.17) is 0 Å². The van der Waals surface area contributed by atoms with Gasteiger partial charge in [-0.05, 0) is 18.6 Å². The number of rotatable bonds is 3. The largest absolute Gasteiger partial charge is 0.305 e. The highest BCUT2D eigenvalue weighted by Crippen LogP contribution is 2.14. The van der Waals surface area contributed by atoms with Gasteiger partial charge in [0.1, 0.15) is 17.2 Å². The van der Waals surface area contributed by atoms with Crippen molar-refractivity contribution in [2.45, 2.75) is 13.3 Å². The van der Waals surface area contributed by atoms with Gasteiger partial charge in [-0.25, -0.2) is 8.78 Å². The summed E-state index contributed by atoms with van der Waals surface area (Å²) in [4.78, 5) is 11.7. The fourth-order valence-electron chi connectivity index (χ4n) is 1.50. The lowest BCUT2D eigenvalue weighted by atomic mass is 10.2. The standard InChI is InChI=1S/C12H11F2N3O/c1-2-7-6-10(17-16-7)15-12(18)11-8(13)4-3-5-9(11)14/h3-6H,2H2,1H3,(H2,15,16,17,18). The van der Waals surface area contributed by atoms with Crippen LogP contribution in [-0.2, 0) is 6.42 Å². The fraction of sp³-hybridized carbons (Fsp3) is 0.167. The van der Waals surface area contributed by atoms with Gasteiger partial charge in [0, 0.05) is 11.8 Å². The van der Waals surface area contributed by atoms with Gasteiger partial charge < -0.3 is 5.32 Å².